The highest BCUT2D eigenvalue weighted by Gasteiger charge is 2.34. The number of carbonyl (C=O) groups is 2. The van der Waals surface area contributed by atoms with Crippen LogP contribution in [0.5, 0.6) is 5.88 Å². The lowest BCUT2D eigenvalue weighted by Crippen LogP contribution is -2.38. The number of hydrogen-bond acceptors (Lipinski definition) is 7. The average Bonchev–Trinajstić information content (AvgIpc) is 2.98. The van der Waals surface area contributed by atoms with Crippen LogP contribution in [0.4, 0.5) is 5.69 Å². The Balaban J connectivity index is 1.90. The highest BCUT2D eigenvalue weighted by Crippen LogP contribution is 2.44. The molecule has 0 atom stereocenters. The number of piperidine rings is 1. The van der Waals surface area contributed by atoms with Crippen molar-refractivity contribution in [3.05, 3.63) is 46.0 Å². The summed E-state index contributed by atoms with van der Waals surface area (Å²) in [6, 6.07) is 5.08. The van der Waals surface area contributed by atoms with Crippen molar-refractivity contribution in [2.24, 2.45) is 0 Å². The van der Waals surface area contributed by atoms with Gasteiger partial charge in [0, 0.05) is 35.2 Å². The number of ether oxygens (including phenoxy) is 1. The van der Waals surface area contributed by atoms with Gasteiger partial charge in [0.25, 0.3) is 5.69 Å². The molecule has 2 aliphatic heterocycles. The van der Waals surface area contributed by atoms with Crippen LogP contribution in [0.25, 0.3) is 10.9 Å². The molecule has 0 N–H and O–H groups in total. The third-order valence-electron chi connectivity index (χ3n) is 5.52. The van der Waals surface area contributed by atoms with Crippen LogP contribution in [0.2, 0.25) is 0 Å². The molecule has 2 aliphatic rings. The molecule has 3 heterocycles. The number of non-ortho nitro benzene ring substituents is 1. The molecule has 1 aromatic carbocycles. The lowest BCUT2D eigenvalue weighted by Gasteiger charge is -2.34. The third-order valence-corrected chi connectivity index (χ3v) is 5.52. The van der Waals surface area contributed by atoms with Crippen LogP contribution in [0.3, 0.4) is 0 Å². The number of fused-ring (bicyclic) bond motifs is 3. The molecule has 29 heavy (non-hydrogen) atoms. The number of nitrogens with zero attached hydrogens (tertiary/aromatic N) is 3. The van der Waals surface area contributed by atoms with Gasteiger partial charge in [0.15, 0.2) is 5.52 Å². The zero-order chi connectivity index (χ0) is 20.7. The fraction of sp³-hybridized carbons (Fsp3) is 0.400. The normalized spacial score (nSPS) is 19.4. The first-order valence-corrected chi connectivity index (χ1v) is 9.54. The van der Waals surface area contributed by atoms with Crippen LogP contribution >= 0.6 is 0 Å². The minimum Gasteiger partial charge on any atom is -0.403 e. The van der Waals surface area contributed by atoms with Gasteiger partial charge in [-0.15, -0.1) is 4.73 Å². The van der Waals surface area contributed by atoms with E-state index >= 15 is 0 Å². The van der Waals surface area contributed by atoms with Gasteiger partial charge in [-0.2, -0.15) is 0 Å². The summed E-state index contributed by atoms with van der Waals surface area (Å²) in [7, 11) is 0. The second-order valence-corrected chi connectivity index (χ2v) is 7.51. The first-order valence-electron chi connectivity index (χ1n) is 9.54. The van der Waals surface area contributed by atoms with E-state index in [1.165, 1.54) is 6.07 Å². The Bertz CT molecular complexity index is 1030. The summed E-state index contributed by atoms with van der Waals surface area (Å²) < 4.78 is 6.49. The molecule has 0 saturated carbocycles. The Labute approximate surface area is 166 Å². The van der Waals surface area contributed by atoms with E-state index < -0.39 is 16.9 Å². The highest BCUT2D eigenvalue weighted by molar-refractivity contribution is 5.98. The second-order valence-electron chi connectivity index (χ2n) is 7.51. The summed E-state index contributed by atoms with van der Waals surface area (Å²) in [5.41, 5.74) is 0.566. The average molecular weight is 399 g/mol. The third kappa shape index (κ3) is 3.38. The molecule has 0 radical (unpaired) electrons. The van der Waals surface area contributed by atoms with Crippen molar-refractivity contribution in [3.63, 3.8) is 0 Å². The Morgan fingerprint density at radius 3 is 2.48 bits per heavy atom. The summed E-state index contributed by atoms with van der Waals surface area (Å²) in [5.74, 6) is -1.48. The number of para-hydroxylation sites is 1. The Morgan fingerprint density at radius 1 is 1.14 bits per heavy atom. The molecule has 1 saturated heterocycles. The first-order chi connectivity index (χ1) is 13.9. The van der Waals surface area contributed by atoms with Crippen molar-refractivity contribution in [1.82, 2.24) is 9.63 Å². The van der Waals surface area contributed by atoms with Crippen molar-refractivity contribution >= 4 is 28.5 Å². The Morgan fingerprint density at radius 2 is 1.83 bits per heavy atom. The molecule has 1 aromatic heterocycles. The van der Waals surface area contributed by atoms with E-state index in [0.29, 0.717) is 17.0 Å². The molecule has 2 aromatic rings. The number of carbonyl (C=O) groups excluding carboxylic acids is 2. The molecule has 0 amide bonds. The van der Waals surface area contributed by atoms with Gasteiger partial charge >= 0.3 is 11.9 Å². The number of benzene rings is 1. The molecule has 0 spiro atoms. The van der Waals surface area contributed by atoms with E-state index in [2.05, 4.69) is 18.7 Å². The monoisotopic (exact) mass is 399 g/mol. The molecule has 9 nitrogen and oxygen atoms in total. The topological polar surface area (TPSA) is 104 Å². The maximum absolute atomic E-state index is 12.1. The first kappa shape index (κ1) is 19.1. The quantitative estimate of drug-likeness (QED) is 0.444. The lowest BCUT2D eigenvalue weighted by molar-refractivity contribution is -0.383. The van der Waals surface area contributed by atoms with Crippen LogP contribution in [-0.2, 0) is 9.59 Å². The van der Waals surface area contributed by atoms with Crippen LogP contribution in [0.1, 0.15) is 38.2 Å². The maximum Gasteiger partial charge on any atom is 0.356 e. The Hall–Kier alpha value is -3.20. The van der Waals surface area contributed by atoms with Crippen molar-refractivity contribution in [1.29, 1.82) is 0 Å². The van der Waals surface area contributed by atoms with Gasteiger partial charge in [-0.25, -0.2) is 9.59 Å². The second kappa shape index (κ2) is 7.32. The molecule has 1 fully saturated rings. The number of nitro benzene ring substituents is 1. The smallest absolute Gasteiger partial charge is 0.356 e. The van der Waals surface area contributed by atoms with Gasteiger partial charge in [0.05, 0.1) is 4.92 Å². The standard InChI is InChI=1S/C20H21N3O6/c1-12(2)21-10-8-13(9-11-21)18-14-4-3-5-15(23(26)27)19(14)22-20(18)28-16(24)6-7-17(25)29-22/h3-7,12-13H,8-11H2,1-2H3/b7-6-. The molecule has 0 unspecified atom stereocenters. The molecule has 152 valence electrons. The van der Waals surface area contributed by atoms with E-state index in [1.807, 2.05) is 0 Å². The van der Waals surface area contributed by atoms with Crippen LogP contribution < -0.4 is 9.57 Å². The number of hydrogen-bond donors (Lipinski definition) is 0. The summed E-state index contributed by atoms with van der Waals surface area (Å²) in [4.78, 5) is 43.0. The summed E-state index contributed by atoms with van der Waals surface area (Å²) >= 11 is 0. The molecular weight excluding hydrogens is 378 g/mol. The van der Waals surface area contributed by atoms with Crippen LogP contribution in [0, 0.1) is 10.1 Å². The Kier molecular flexibility index (Phi) is 4.83. The van der Waals surface area contributed by atoms with Crippen molar-refractivity contribution in [2.75, 3.05) is 13.1 Å². The number of aromatic nitrogens is 1. The number of nitro groups is 1. The fourth-order valence-corrected chi connectivity index (χ4v) is 4.10. The zero-order valence-corrected chi connectivity index (χ0v) is 16.2. The van der Waals surface area contributed by atoms with E-state index in [9.17, 15) is 19.7 Å². The van der Waals surface area contributed by atoms with E-state index in [4.69, 9.17) is 9.57 Å². The molecule has 0 aliphatic carbocycles. The summed E-state index contributed by atoms with van der Waals surface area (Å²) in [6.45, 7) is 6.00. The minimum absolute atomic E-state index is 0.0145. The van der Waals surface area contributed by atoms with Gasteiger partial charge in [0.1, 0.15) is 0 Å². The number of esters is 1. The number of rotatable bonds is 3. The number of likely N-dealkylation sites (tertiary alicyclic amines) is 1. The minimum atomic E-state index is -0.806. The molecule has 4 rings (SSSR count). The van der Waals surface area contributed by atoms with Gasteiger partial charge in [-0.1, -0.05) is 12.1 Å². The van der Waals surface area contributed by atoms with E-state index in [0.717, 1.165) is 42.8 Å². The van der Waals surface area contributed by atoms with Crippen LogP contribution in [-0.4, -0.2) is 45.6 Å². The lowest BCUT2D eigenvalue weighted by atomic mass is 9.88. The van der Waals surface area contributed by atoms with Gasteiger partial charge in [-0.3, -0.25) is 10.1 Å². The van der Waals surface area contributed by atoms with Gasteiger partial charge in [-0.05, 0) is 45.7 Å². The van der Waals surface area contributed by atoms with Gasteiger partial charge in [0.2, 0.25) is 5.88 Å². The maximum atomic E-state index is 12.1. The summed E-state index contributed by atoms with van der Waals surface area (Å²) in [6.07, 6.45) is 3.53. The van der Waals surface area contributed by atoms with E-state index in [1.54, 1.807) is 12.1 Å². The largest absolute Gasteiger partial charge is 0.403 e. The highest BCUT2D eigenvalue weighted by atomic mass is 16.7. The predicted octanol–water partition coefficient (Wildman–Crippen LogP) is 2.57. The molecular formula is C20H21N3O6. The zero-order valence-electron chi connectivity index (χ0n) is 16.2. The fourth-order valence-electron chi connectivity index (χ4n) is 4.10. The van der Waals surface area contributed by atoms with Crippen molar-refractivity contribution in [3.8, 4) is 5.88 Å². The van der Waals surface area contributed by atoms with Crippen molar-refractivity contribution < 1.29 is 24.1 Å². The van der Waals surface area contributed by atoms with Crippen molar-refractivity contribution in [2.45, 2.75) is 38.6 Å². The molecule has 9 heteroatoms. The molecule has 0 bridgehead atoms. The SMILES string of the molecule is CC(C)N1CCC(c2c3n(c4c([N+](=O)[O-])cccc24)OC(=O)/C=C\C(=O)O3)CC1. The van der Waals surface area contributed by atoms with Crippen LogP contribution in [0.15, 0.2) is 30.4 Å². The summed E-state index contributed by atoms with van der Waals surface area (Å²) in [5, 5.41) is 12.2. The predicted molar refractivity (Wildman–Crippen MR) is 104 cm³/mol. The van der Waals surface area contributed by atoms with Gasteiger partial charge < -0.3 is 14.5 Å². The van der Waals surface area contributed by atoms with E-state index in [-0.39, 0.29) is 23.0 Å².